The summed E-state index contributed by atoms with van der Waals surface area (Å²) in [4.78, 5) is 11.9. The van der Waals surface area contributed by atoms with Crippen molar-refractivity contribution in [1.82, 2.24) is 0 Å². The SMILES string of the molecule is CCCCCC[C@@H](O)CCCCCCCCCCC(=O)OC[C@H](CC)CCCC. The van der Waals surface area contributed by atoms with E-state index in [4.69, 9.17) is 4.74 Å². The molecular weight excluding hydrogens is 360 g/mol. The number of unbranched alkanes of at least 4 members (excludes halogenated alkanes) is 11. The van der Waals surface area contributed by atoms with Crippen molar-refractivity contribution >= 4 is 5.97 Å². The Hall–Kier alpha value is -0.570. The Kier molecular flexibility index (Phi) is 21.7. The monoisotopic (exact) mass is 412 g/mol. The number of carbonyl (C=O) groups is 1. The highest BCUT2D eigenvalue weighted by molar-refractivity contribution is 5.69. The summed E-state index contributed by atoms with van der Waals surface area (Å²) >= 11 is 0. The Morgan fingerprint density at radius 1 is 0.690 bits per heavy atom. The summed E-state index contributed by atoms with van der Waals surface area (Å²) in [6.45, 7) is 7.23. The van der Waals surface area contributed by atoms with Crippen LogP contribution in [-0.2, 0) is 9.53 Å². The molecule has 0 unspecified atom stereocenters. The summed E-state index contributed by atoms with van der Waals surface area (Å²) in [7, 11) is 0. The van der Waals surface area contributed by atoms with Crippen molar-refractivity contribution < 1.29 is 14.6 Å². The number of carbonyl (C=O) groups excluding carboxylic acids is 1. The molecule has 174 valence electrons. The van der Waals surface area contributed by atoms with Gasteiger partial charge in [0.1, 0.15) is 0 Å². The van der Waals surface area contributed by atoms with Gasteiger partial charge in [0.05, 0.1) is 12.7 Å². The van der Waals surface area contributed by atoms with Gasteiger partial charge in [-0.2, -0.15) is 0 Å². The van der Waals surface area contributed by atoms with Gasteiger partial charge in [-0.1, -0.05) is 111 Å². The largest absolute Gasteiger partial charge is 0.465 e. The molecule has 3 heteroatoms. The second kappa shape index (κ2) is 22.1. The van der Waals surface area contributed by atoms with E-state index in [1.807, 2.05) is 0 Å². The van der Waals surface area contributed by atoms with Gasteiger partial charge in [0.25, 0.3) is 0 Å². The van der Waals surface area contributed by atoms with Crippen LogP contribution in [0.25, 0.3) is 0 Å². The average molecular weight is 413 g/mol. The predicted octanol–water partition coefficient (Wildman–Crippen LogP) is 7.98. The normalized spacial score (nSPS) is 13.4. The van der Waals surface area contributed by atoms with Crippen molar-refractivity contribution in [1.29, 1.82) is 0 Å². The Labute approximate surface area is 182 Å². The summed E-state index contributed by atoms with van der Waals surface area (Å²) in [6, 6.07) is 0. The first-order valence-corrected chi connectivity index (χ1v) is 13.0. The van der Waals surface area contributed by atoms with Crippen molar-refractivity contribution in [2.75, 3.05) is 6.61 Å². The Morgan fingerprint density at radius 2 is 1.21 bits per heavy atom. The van der Waals surface area contributed by atoms with Crippen molar-refractivity contribution in [3.05, 3.63) is 0 Å². The highest BCUT2D eigenvalue weighted by Crippen LogP contribution is 2.15. The molecule has 1 N–H and O–H groups in total. The van der Waals surface area contributed by atoms with Gasteiger partial charge in [0.15, 0.2) is 0 Å². The van der Waals surface area contributed by atoms with Gasteiger partial charge < -0.3 is 9.84 Å². The molecule has 2 atom stereocenters. The molecule has 0 heterocycles. The van der Waals surface area contributed by atoms with E-state index < -0.39 is 0 Å². The van der Waals surface area contributed by atoms with Gasteiger partial charge in [-0.15, -0.1) is 0 Å². The van der Waals surface area contributed by atoms with E-state index in [0.29, 0.717) is 18.9 Å². The molecular formula is C26H52O3. The number of hydrogen-bond donors (Lipinski definition) is 1. The minimum Gasteiger partial charge on any atom is -0.465 e. The lowest BCUT2D eigenvalue weighted by Crippen LogP contribution is -2.13. The molecule has 0 aromatic carbocycles. The Bertz CT molecular complexity index is 343. The number of esters is 1. The van der Waals surface area contributed by atoms with Gasteiger partial charge in [-0.25, -0.2) is 0 Å². The lowest BCUT2D eigenvalue weighted by molar-refractivity contribution is -0.145. The molecule has 3 nitrogen and oxygen atoms in total. The lowest BCUT2D eigenvalue weighted by atomic mass is 10.0. The van der Waals surface area contributed by atoms with E-state index in [0.717, 1.165) is 38.5 Å². The second-order valence-electron chi connectivity index (χ2n) is 8.97. The van der Waals surface area contributed by atoms with Crippen LogP contribution in [0.15, 0.2) is 0 Å². The third-order valence-electron chi connectivity index (χ3n) is 6.08. The van der Waals surface area contributed by atoms with Gasteiger partial charge in [0.2, 0.25) is 0 Å². The number of aliphatic hydroxyl groups excluding tert-OH is 1. The first-order valence-electron chi connectivity index (χ1n) is 13.0. The van der Waals surface area contributed by atoms with E-state index in [-0.39, 0.29) is 12.1 Å². The first kappa shape index (κ1) is 28.4. The molecule has 0 aliphatic rings. The minimum absolute atomic E-state index is 0.00630. The van der Waals surface area contributed by atoms with E-state index in [1.165, 1.54) is 77.0 Å². The van der Waals surface area contributed by atoms with Gasteiger partial charge in [0, 0.05) is 6.42 Å². The van der Waals surface area contributed by atoms with Crippen molar-refractivity contribution in [2.24, 2.45) is 5.92 Å². The van der Waals surface area contributed by atoms with Gasteiger partial charge in [-0.3, -0.25) is 4.79 Å². The van der Waals surface area contributed by atoms with Crippen LogP contribution in [0, 0.1) is 5.92 Å². The lowest BCUT2D eigenvalue weighted by Gasteiger charge is -2.14. The maximum Gasteiger partial charge on any atom is 0.305 e. The summed E-state index contributed by atoms with van der Waals surface area (Å²) in [5.41, 5.74) is 0. The smallest absolute Gasteiger partial charge is 0.305 e. The number of ether oxygens (including phenoxy) is 1. The fourth-order valence-electron chi connectivity index (χ4n) is 3.84. The van der Waals surface area contributed by atoms with E-state index in [9.17, 15) is 9.90 Å². The van der Waals surface area contributed by atoms with Crippen molar-refractivity contribution in [3.63, 3.8) is 0 Å². The molecule has 0 bridgehead atoms. The quantitative estimate of drug-likeness (QED) is 0.145. The Balaban J connectivity index is 3.36. The van der Waals surface area contributed by atoms with E-state index in [2.05, 4.69) is 20.8 Å². The second-order valence-corrected chi connectivity index (χ2v) is 8.97. The standard InChI is InChI=1S/C26H52O3/c1-4-7-9-16-20-25(27)21-17-14-12-10-11-13-15-18-22-26(28)29-23-24(6-3)19-8-5-2/h24-25,27H,4-23H2,1-3H3/t24-,25-/m1/s1. The molecule has 0 saturated heterocycles. The van der Waals surface area contributed by atoms with Crippen LogP contribution in [0.3, 0.4) is 0 Å². The highest BCUT2D eigenvalue weighted by atomic mass is 16.5. The average Bonchev–Trinajstić information content (AvgIpc) is 2.72. The molecule has 0 amide bonds. The molecule has 0 aliphatic carbocycles. The topological polar surface area (TPSA) is 46.5 Å². The van der Waals surface area contributed by atoms with Crippen LogP contribution in [-0.4, -0.2) is 23.8 Å². The molecule has 0 aromatic heterocycles. The number of hydrogen-bond acceptors (Lipinski definition) is 3. The van der Waals surface area contributed by atoms with Crippen LogP contribution < -0.4 is 0 Å². The van der Waals surface area contributed by atoms with Crippen LogP contribution in [0.2, 0.25) is 0 Å². The van der Waals surface area contributed by atoms with Crippen molar-refractivity contribution in [2.45, 2.75) is 149 Å². The maximum atomic E-state index is 11.9. The van der Waals surface area contributed by atoms with Crippen LogP contribution >= 0.6 is 0 Å². The fraction of sp³-hybridized carbons (Fsp3) is 0.962. The zero-order chi connectivity index (χ0) is 21.6. The molecule has 0 aliphatic heterocycles. The summed E-state index contributed by atoms with van der Waals surface area (Å²) < 4.78 is 5.46. The summed E-state index contributed by atoms with van der Waals surface area (Å²) in [5.74, 6) is 0.536. The van der Waals surface area contributed by atoms with E-state index in [1.54, 1.807) is 0 Å². The fourth-order valence-corrected chi connectivity index (χ4v) is 3.84. The van der Waals surface area contributed by atoms with Crippen LogP contribution in [0.1, 0.15) is 143 Å². The van der Waals surface area contributed by atoms with Gasteiger partial charge in [-0.05, 0) is 31.6 Å². The minimum atomic E-state index is -0.0779. The van der Waals surface area contributed by atoms with Crippen LogP contribution in [0.5, 0.6) is 0 Å². The molecule has 29 heavy (non-hydrogen) atoms. The molecule has 0 fully saturated rings. The zero-order valence-electron chi connectivity index (χ0n) is 20.1. The van der Waals surface area contributed by atoms with Crippen LogP contribution in [0.4, 0.5) is 0 Å². The number of aliphatic hydroxyl groups is 1. The van der Waals surface area contributed by atoms with E-state index >= 15 is 0 Å². The third kappa shape index (κ3) is 20.5. The zero-order valence-corrected chi connectivity index (χ0v) is 20.1. The highest BCUT2D eigenvalue weighted by Gasteiger charge is 2.09. The van der Waals surface area contributed by atoms with Gasteiger partial charge >= 0.3 is 5.97 Å². The molecule has 0 spiro atoms. The molecule has 0 rings (SSSR count). The number of rotatable bonds is 22. The Morgan fingerprint density at radius 3 is 1.76 bits per heavy atom. The van der Waals surface area contributed by atoms with Crippen molar-refractivity contribution in [3.8, 4) is 0 Å². The summed E-state index contributed by atoms with van der Waals surface area (Å²) in [6.07, 6.45) is 21.8. The predicted molar refractivity (Wildman–Crippen MR) is 125 cm³/mol. The molecule has 0 radical (unpaired) electrons. The molecule has 0 aromatic rings. The third-order valence-corrected chi connectivity index (χ3v) is 6.08. The maximum absolute atomic E-state index is 11.9. The first-order chi connectivity index (χ1) is 14.1. The summed E-state index contributed by atoms with van der Waals surface area (Å²) in [5, 5.41) is 9.98. The molecule has 0 saturated carbocycles.